The first-order chi connectivity index (χ1) is 14.3. The molecule has 7 heteroatoms. The summed E-state index contributed by atoms with van der Waals surface area (Å²) in [4.78, 5) is 17.0. The van der Waals surface area contributed by atoms with Crippen LogP contribution in [0.3, 0.4) is 0 Å². The van der Waals surface area contributed by atoms with Gasteiger partial charge in [0.2, 0.25) is 0 Å². The minimum absolute atomic E-state index is 0.0423. The van der Waals surface area contributed by atoms with Crippen molar-refractivity contribution in [3.8, 4) is 5.75 Å². The minimum Gasteiger partial charge on any atom is -0.497 e. The summed E-state index contributed by atoms with van der Waals surface area (Å²) in [6, 6.07) is 8.00. The summed E-state index contributed by atoms with van der Waals surface area (Å²) in [7, 11) is 3.68. The highest BCUT2D eigenvalue weighted by Gasteiger charge is 2.33. The van der Waals surface area contributed by atoms with Crippen molar-refractivity contribution in [2.75, 3.05) is 33.8 Å². The first-order valence-electron chi connectivity index (χ1n) is 10.7. The smallest absolute Gasteiger partial charge is 0.274 e. The Morgan fingerprint density at radius 1 is 1.30 bits per heavy atom. The highest BCUT2D eigenvalue weighted by atomic mass is 16.5. The molecule has 2 heterocycles. The van der Waals surface area contributed by atoms with Gasteiger partial charge in [0.25, 0.3) is 5.91 Å². The number of nitrogens with zero attached hydrogens (tertiary/aromatic N) is 3. The Balaban J connectivity index is 1.58. The maximum Gasteiger partial charge on any atom is 0.274 e. The fraction of sp³-hybridized carbons (Fsp3) is 0.565. The first-order valence-corrected chi connectivity index (χ1v) is 10.7. The number of aromatic amines is 1. The molecule has 3 rings (SSSR count). The predicted octanol–water partition coefficient (Wildman–Crippen LogP) is 2.78. The van der Waals surface area contributed by atoms with E-state index in [1.54, 1.807) is 7.11 Å². The van der Waals surface area contributed by atoms with Crippen LogP contribution in [-0.2, 0) is 13.0 Å². The highest BCUT2D eigenvalue weighted by Crippen LogP contribution is 2.25. The third kappa shape index (κ3) is 5.21. The summed E-state index contributed by atoms with van der Waals surface area (Å²) < 4.78 is 5.21. The average Bonchev–Trinajstić information content (AvgIpc) is 2.99. The predicted molar refractivity (Wildman–Crippen MR) is 117 cm³/mol. The van der Waals surface area contributed by atoms with Crippen LogP contribution in [0.2, 0.25) is 0 Å². The number of methoxy groups -OCH3 is 1. The minimum atomic E-state index is -0.800. The lowest BCUT2D eigenvalue weighted by molar-refractivity contribution is -0.00402. The van der Waals surface area contributed by atoms with Crippen molar-refractivity contribution in [3.63, 3.8) is 0 Å². The Bertz CT molecular complexity index is 849. The second-order valence-corrected chi connectivity index (χ2v) is 8.42. The van der Waals surface area contributed by atoms with E-state index in [-0.39, 0.29) is 5.91 Å². The molecule has 0 bridgehead atoms. The van der Waals surface area contributed by atoms with Gasteiger partial charge < -0.3 is 14.7 Å². The van der Waals surface area contributed by atoms with Crippen molar-refractivity contribution in [2.24, 2.45) is 0 Å². The number of aliphatic hydroxyl groups is 1. The summed E-state index contributed by atoms with van der Waals surface area (Å²) >= 11 is 0. The number of likely N-dealkylation sites (tertiary alicyclic amines) is 1. The average molecular weight is 415 g/mol. The van der Waals surface area contributed by atoms with Crippen molar-refractivity contribution < 1.29 is 14.6 Å². The Hall–Kier alpha value is -2.38. The van der Waals surface area contributed by atoms with Crippen LogP contribution < -0.4 is 4.74 Å². The number of rotatable bonds is 7. The van der Waals surface area contributed by atoms with E-state index >= 15 is 0 Å². The van der Waals surface area contributed by atoms with Crippen LogP contribution in [0, 0.1) is 6.92 Å². The molecule has 164 valence electrons. The zero-order chi connectivity index (χ0) is 21.7. The van der Waals surface area contributed by atoms with Gasteiger partial charge in [0, 0.05) is 37.4 Å². The van der Waals surface area contributed by atoms with Crippen molar-refractivity contribution in [2.45, 2.75) is 51.7 Å². The lowest BCUT2D eigenvalue weighted by atomic mass is 9.94. The molecule has 0 radical (unpaired) electrons. The summed E-state index contributed by atoms with van der Waals surface area (Å²) in [5.41, 5.74) is 2.82. The molecular formula is C23H34N4O3. The van der Waals surface area contributed by atoms with Gasteiger partial charge in [0.1, 0.15) is 5.75 Å². The van der Waals surface area contributed by atoms with Gasteiger partial charge in [0.15, 0.2) is 5.69 Å². The molecule has 2 N–H and O–H groups in total. The largest absolute Gasteiger partial charge is 0.497 e. The van der Waals surface area contributed by atoms with E-state index in [9.17, 15) is 9.90 Å². The Kier molecular flexibility index (Phi) is 7.15. The fourth-order valence-electron chi connectivity index (χ4n) is 4.28. The van der Waals surface area contributed by atoms with E-state index in [1.807, 2.05) is 50.1 Å². The summed E-state index contributed by atoms with van der Waals surface area (Å²) in [5.74, 6) is 0.797. The molecule has 2 aromatic rings. The standard InChI is InChI=1S/C23H34N4O3/c1-5-20-17(2)21(25-24-20)22(28)27-13-6-11-23(29,12-14-27)16-26(3)15-18-7-9-19(30-4)10-8-18/h7-10,29H,5-6,11-16H2,1-4H3,(H,24,25)/t23-/m1/s1. The van der Waals surface area contributed by atoms with Crippen LogP contribution in [0.25, 0.3) is 0 Å². The van der Waals surface area contributed by atoms with E-state index < -0.39 is 5.60 Å². The van der Waals surface area contributed by atoms with Gasteiger partial charge in [-0.2, -0.15) is 5.10 Å². The van der Waals surface area contributed by atoms with Crippen LogP contribution in [0.15, 0.2) is 24.3 Å². The normalized spacial score (nSPS) is 19.7. The molecular weight excluding hydrogens is 380 g/mol. The number of aromatic nitrogens is 2. The van der Waals surface area contributed by atoms with Crippen molar-refractivity contribution in [3.05, 3.63) is 46.8 Å². The zero-order valence-corrected chi connectivity index (χ0v) is 18.6. The van der Waals surface area contributed by atoms with Gasteiger partial charge in [-0.05, 0) is 57.4 Å². The van der Waals surface area contributed by atoms with Crippen molar-refractivity contribution >= 4 is 5.91 Å². The maximum atomic E-state index is 13.0. The van der Waals surface area contributed by atoms with Gasteiger partial charge in [0.05, 0.1) is 12.7 Å². The Morgan fingerprint density at radius 2 is 2.03 bits per heavy atom. The molecule has 0 spiro atoms. The molecule has 1 atom stereocenters. The van der Waals surface area contributed by atoms with E-state index in [4.69, 9.17) is 4.74 Å². The third-order valence-corrected chi connectivity index (χ3v) is 6.05. The van der Waals surface area contributed by atoms with Gasteiger partial charge in [-0.1, -0.05) is 19.1 Å². The van der Waals surface area contributed by atoms with Crippen LogP contribution >= 0.6 is 0 Å². The van der Waals surface area contributed by atoms with Crippen LogP contribution in [0.5, 0.6) is 5.75 Å². The number of amides is 1. The zero-order valence-electron chi connectivity index (χ0n) is 18.6. The quantitative estimate of drug-likeness (QED) is 0.728. The first kappa shape index (κ1) is 22.3. The second-order valence-electron chi connectivity index (χ2n) is 8.42. The Labute approximate surface area is 179 Å². The number of carbonyl (C=O) groups is 1. The van der Waals surface area contributed by atoms with E-state index in [0.29, 0.717) is 38.2 Å². The number of likely N-dealkylation sites (N-methyl/N-ethyl adjacent to an activating group) is 1. The monoisotopic (exact) mass is 414 g/mol. The topological polar surface area (TPSA) is 81.7 Å². The molecule has 1 saturated heterocycles. The summed E-state index contributed by atoms with van der Waals surface area (Å²) in [5, 5.41) is 18.4. The SMILES string of the molecule is CCc1[nH]nc(C(=O)N2CCC[C@](O)(CN(C)Cc3ccc(OC)cc3)CC2)c1C. The molecule has 7 nitrogen and oxygen atoms in total. The molecule has 1 amide bonds. The van der Waals surface area contributed by atoms with Crippen molar-refractivity contribution in [1.82, 2.24) is 20.0 Å². The summed E-state index contributed by atoms with van der Waals surface area (Å²) in [6.45, 7) is 6.50. The number of hydrogen-bond acceptors (Lipinski definition) is 5. The molecule has 1 fully saturated rings. The second kappa shape index (κ2) is 9.62. The van der Waals surface area contributed by atoms with Gasteiger partial charge >= 0.3 is 0 Å². The number of carbonyl (C=O) groups excluding carboxylic acids is 1. The lowest BCUT2D eigenvalue weighted by Gasteiger charge is -2.31. The third-order valence-electron chi connectivity index (χ3n) is 6.05. The van der Waals surface area contributed by atoms with Gasteiger partial charge in [-0.15, -0.1) is 0 Å². The number of benzene rings is 1. The molecule has 1 aromatic carbocycles. The van der Waals surface area contributed by atoms with Crippen LogP contribution in [0.4, 0.5) is 0 Å². The maximum absolute atomic E-state index is 13.0. The number of aryl methyl sites for hydroxylation is 1. The lowest BCUT2D eigenvalue weighted by Crippen LogP contribution is -2.42. The summed E-state index contributed by atoms with van der Waals surface area (Å²) in [6.07, 6.45) is 2.86. The van der Waals surface area contributed by atoms with E-state index in [2.05, 4.69) is 15.1 Å². The molecule has 0 aliphatic carbocycles. The van der Waals surface area contributed by atoms with Crippen molar-refractivity contribution in [1.29, 1.82) is 0 Å². The van der Waals surface area contributed by atoms with Gasteiger partial charge in [-0.3, -0.25) is 14.8 Å². The van der Waals surface area contributed by atoms with Crippen LogP contribution in [-0.4, -0.2) is 70.4 Å². The number of nitrogens with one attached hydrogen (secondary N) is 1. The van der Waals surface area contributed by atoms with Crippen LogP contribution in [0.1, 0.15) is 53.5 Å². The number of hydrogen-bond donors (Lipinski definition) is 2. The van der Waals surface area contributed by atoms with E-state index in [0.717, 1.165) is 36.4 Å². The van der Waals surface area contributed by atoms with E-state index in [1.165, 1.54) is 5.56 Å². The molecule has 1 aromatic heterocycles. The molecule has 0 saturated carbocycles. The molecule has 1 aliphatic heterocycles. The number of H-pyrrole nitrogens is 1. The molecule has 30 heavy (non-hydrogen) atoms. The molecule has 0 unspecified atom stereocenters. The van der Waals surface area contributed by atoms with Gasteiger partial charge in [-0.25, -0.2) is 0 Å². The Morgan fingerprint density at radius 3 is 2.67 bits per heavy atom. The molecule has 1 aliphatic rings. The fourth-order valence-corrected chi connectivity index (χ4v) is 4.28. The highest BCUT2D eigenvalue weighted by molar-refractivity contribution is 5.93. The number of ether oxygens (including phenoxy) is 1.